The van der Waals surface area contributed by atoms with Gasteiger partial charge < -0.3 is 0 Å². The summed E-state index contributed by atoms with van der Waals surface area (Å²) in [6, 6.07) is 7.94. The van der Waals surface area contributed by atoms with Crippen LogP contribution in [0.1, 0.15) is 0 Å². The first-order chi connectivity index (χ1) is 3.39. The number of halogens is 1. The Bertz CT molecular complexity index is 138. The monoisotopic (exact) mass is 110 g/mol. The van der Waals surface area contributed by atoms with E-state index in [1.807, 2.05) is 0 Å². The van der Waals surface area contributed by atoms with E-state index < -0.39 is 0 Å². The van der Waals surface area contributed by atoms with Crippen molar-refractivity contribution in [3.8, 4) is 0 Å². The molecule has 0 aliphatic carbocycles. The predicted octanol–water partition coefficient (Wildman–Crippen LogP) is 0.642. The fourth-order valence-corrected chi connectivity index (χ4v) is 0.415. The van der Waals surface area contributed by atoms with E-state index in [1.165, 1.54) is 12.1 Å². The molecule has 0 radical (unpaired) electrons. The first-order valence-electron chi connectivity index (χ1n) is 2.10. The van der Waals surface area contributed by atoms with Gasteiger partial charge in [0.25, 0.3) is 0 Å². The fourth-order valence-electron chi connectivity index (χ4n) is 0.415. The fraction of sp³-hybridized carbons (Fsp3) is 0. The molecule has 0 aliphatic heterocycles. The Balaban J connectivity index is 0.000000490. The molecule has 0 saturated carbocycles. The summed E-state index contributed by atoms with van der Waals surface area (Å²) in [6.07, 6.45) is 0. The summed E-state index contributed by atoms with van der Waals surface area (Å²) < 4.78 is 11.9. The van der Waals surface area contributed by atoms with E-state index in [0.29, 0.717) is 0 Å². The lowest BCUT2D eigenvalue weighted by molar-refractivity contribution is 0.628. The van der Waals surface area contributed by atoms with Crippen LogP contribution in [0.15, 0.2) is 30.3 Å². The van der Waals surface area contributed by atoms with E-state index in [0.717, 1.165) is 0 Å². The smallest absolute Gasteiger partial charge is 0.123 e. The van der Waals surface area contributed by atoms with Gasteiger partial charge in [0.15, 0.2) is 0 Å². The molecule has 0 heterocycles. The minimum atomic E-state index is -0.178. The number of rotatable bonds is 0. The largest absolute Gasteiger partial charge is 0.207 e. The van der Waals surface area contributed by atoms with Gasteiger partial charge in [0.1, 0.15) is 5.82 Å². The molecule has 0 nitrogen and oxygen atoms in total. The molecule has 1 aromatic rings. The van der Waals surface area contributed by atoms with Gasteiger partial charge in [0, 0.05) is 0 Å². The molecule has 1 rings (SSSR count). The lowest BCUT2D eigenvalue weighted by Crippen LogP contribution is -1.63. The van der Waals surface area contributed by atoms with Gasteiger partial charge in [-0.2, -0.15) is 0 Å². The molecular formula is C6H8BF. The van der Waals surface area contributed by atoms with Gasteiger partial charge in [0.05, 0.1) is 8.41 Å². The summed E-state index contributed by atoms with van der Waals surface area (Å²) in [7, 11) is 0. The Morgan fingerprint density at radius 1 is 1.00 bits per heavy atom. The molecule has 0 fully saturated rings. The van der Waals surface area contributed by atoms with E-state index in [1.54, 1.807) is 18.2 Å². The van der Waals surface area contributed by atoms with Crippen LogP contribution in [0.25, 0.3) is 0 Å². The standard InChI is InChI=1S/C6H5F.BH3/c7-6-4-2-1-3-5-6;/h1-5H;1H3. The van der Waals surface area contributed by atoms with Crippen molar-refractivity contribution in [1.29, 1.82) is 0 Å². The molecule has 8 heavy (non-hydrogen) atoms. The lowest BCUT2D eigenvalue weighted by Gasteiger charge is -1.78. The molecular weight excluding hydrogens is 102 g/mol. The van der Waals surface area contributed by atoms with E-state index in [2.05, 4.69) is 0 Å². The van der Waals surface area contributed by atoms with Gasteiger partial charge in [-0.25, -0.2) is 4.39 Å². The van der Waals surface area contributed by atoms with Gasteiger partial charge >= 0.3 is 0 Å². The first-order valence-corrected chi connectivity index (χ1v) is 2.10. The molecule has 0 atom stereocenters. The zero-order valence-electron chi connectivity index (χ0n) is 3.76. The highest BCUT2D eigenvalue weighted by Gasteiger charge is 1.77. The Morgan fingerprint density at radius 2 is 1.50 bits per heavy atom. The molecule has 0 bridgehead atoms. The zero-order valence-corrected chi connectivity index (χ0v) is 3.76. The Morgan fingerprint density at radius 3 is 1.75 bits per heavy atom. The maximum atomic E-state index is 11.9. The van der Waals surface area contributed by atoms with Crippen molar-refractivity contribution in [2.75, 3.05) is 0 Å². The second kappa shape index (κ2) is 3.25. The van der Waals surface area contributed by atoms with Crippen LogP contribution in [-0.4, -0.2) is 8.41 Å². The van der Waals surface area contributed by atoms with E-state index in [4.69, 9.17) is 0 Å². The van der Waals surface area contributed by atoms with Crippen molar-refractivity contribution in [1.82, 2.24) is 0 Å². The third-order valence-electron chi connectivity index (χ3n) is 0.733. The highest BCUT2D eigenvalue weighted by atomic mass is 19.1. The quantitative estimate of drug-likeness (QED) is 0.430. The van der Waals surface area contributed by atoms with Gasteiger partial charge in [-0.1, -0.05) is 18.2 Å². The third kappa shape index (κ3) is 1.78. The van der Waals surface area contributed by atoms with Gasteiger partial charge in [-0.05, 0) is 12.1 Å². The summed E-state index contributed by atoms with van der Waals surface area (Å²) in [5.74, 6) is -0.178. The van der Waals surface area contributed by atoms with Crippen LogP contribution in [0, 0.1) is 5.82 Å². The molecule has 0 aliphatic rings. The number of hydrogen-bond donors (Lipinski definition) is 0. The highest BCUT2D eigenvalue weighted by molar-refractivity contribution is 5.75. The molecule has 0 aromatic heterocycles. The van der Waals surface area contributed by atoms with Crippen molar-refractivity contribution < 1.29 is 4.39 Å². The Labute approximate surface area is 49.9 Å². The molecule has 0 N–H and O–H groups in total. The minimum Gasteiger partial charge on any atom is -0.207 e. The van der Waals surface area contributed by atoms with Crippen LogP contribution in [-0.2, 0) is 0 Å². The summed E-state index contributed by atoms with van der Waals surface area (Å²) in [5, 5.41) is 0. The van der Waals surface area contributed by atoms with Crippen molar-refractivity contribution in [3.63, 3.8) is 0 Å². The van der Waals surface area contributed by atoms with Crippen molar-refractivity contribution in [3.05, 3.63) is 36.1 Å². The maximum absolute atomic E-state index is 11.9. The Kier molecular flexibility index (Phi) is 2.93. The first kappa shape index (κ1) is 7.21. The summed E-state index contributed by atoms with van der Waals surface area (Å²) in [5.41, 5.74) is 0. The second-order valence-electron chi connectivity index (χ2n) is 1.30. The predicted molar refractivity (Wildman–Crippen MR) is 36.3 cm³/mol. The molecule has 2 heteroatoms. The minimum absolute atomic E-state index is 0. The summed E-state index contributed by atoms with van der Waals surface area (Å²) in [6.45, 7) is 0. The summed E-state index contributed by atoms with van der Waals surface area (Å²) >= 11 is 0. The number of hydrogen-bond acceptors (Lipinski definition) is 0. The van der Waals surface area contributed by atoms with Crippen LogP contribution in [0.4, 0.5) is 4.39 Å². The Hall–Kier alpha value is -0.785. The maximum Gasteiger partial charge on any atom is 0.123 e. The van der Waals surface area contributed by atoms with E-state index in [-0.39, 0.29) is 14.2 Å². The highest BCUT2D eigenvalue weighted by Crippen LogP contribution is 1.91. The van der Waals surface area contributed by atoms with Gasteiger partial charge in [0.2, 0.25) is 0 Å². The van der Waals surface area contributed by atoms with E-state index >= 15 is 0 Å². The lowest BCUT2D eigenvalue weighted by atomic mass is 10.4. The van der Waals surface area contributed by atoms with Crippen molar-refractivity contribution >= 4 is 8.41 Å². The van der Waals surface area contributed by atoms with Crippen molar-refractivity contribution in [2.24, 2.45) is 0 Å². The second-order valence-corrected chi connectivity index (χ2v) is 1.30. The number of benzene rings is 1. The topological polar surface area (TPSA) is 0 Å². The molecule has 0 amide bonds. The van der Waals surface area contributed by atoms with Crippen LogP contribution in [0.3, 0.4) is 0 Å². The van der Waals surface area contributed by atoms with Crippen LogP contribution in [0.5, 0.6) is 0 Å². The SMILES string of the molecule is B.Fc1ccccc1. The summed E-state index contributed by atoms with van der Waals surface area (Å²) in [4.78, 5) is 0. The van der Waals surface area contributed by atoms with Crippen LogP contribution in [0.2, 0.25) is 0 Å². The average Bonchev–Trinajstić information content (AvgIpc) is 1.69. The normalized spacial score (nSPS) is 7.62. The zero-order chi connectivity index (χ0) is 5.11. The van der Waals surface area contributed by atoms with Crippen molar-refractivity contribution in [2.45, 2.75) is 0 Å². The molecule has 42 valence electrons. The van der Waals surface area contributed by atoms with Gasteiger partial charge in [-0.3, -0.25) is 0 Å². The molecule has 0 saturated heterocycles. The van der Waals surface area contributed by atoms with Crippen LogP contribution >= 0.6 is 0 Å². The van der Waals surface area contributed by atoms with Gasteiger partial charge in [-0.15, -0.1) is 0 Å². The molecule has 1 aromatic carbocycles. The molecule has 0 unspecified atom stereocenters. The average molecular weight is 110 g/mol. The van der Waals surface area contributed by atoms with E-state index in [9.17, 15) is 4.39 Å². The molecule has 0 spiro atoms. The van der Waals surface area contributed by atoms with Crippen LogP contribution < -0.4 is 0 Å². The third-order valence-corrected chi connectivity index (χ3v) is 0.733.